The van der Waals surface area contributed by atoms with Crippen LogP contribution in [0.4, 0.5) is 4.79 Å². The first kappa shape index (κ1) is 17.5. The van der Waals surface area contributed by atoms with E-state index in [1.807, 2.05) is 57.2 Å². The molecule has 0 radical (unpaired) electrons. The number of ether oxygens (including phenoxy) is 1. The summed E-state index contributed by atoms with van der Waals surface area (Å²) in [7, 11) is 0. The van der Waals surface area contributed by atoms with Crippen LogP contribution in [0.5, 0.6) is 0 Å². The summed E-state index contributed by atoms with van der Waals surface area (Å²) in [4.78, 5) is 13.7. The van der Waals surface area contributed by atoms with Crippen molar-refractivity contribution in [1.82, 2.24) is 4.90 Å². The highest BCUT2D eigenvalue weighted by Gasteiger charge is 2.39. The Hall–Kier alpha value is -1.85. The van der Waals surface area contributed by atoms with E-state index in [0.717, 1.165) is 5.56 Å². The number of hydrogen-bond acceptors (Lipinski definition) is 4. The summed E-state index contributed by atoms with van der Waals surface area (Å²) in [6.45, 7) is 6.16. The van der Waals surface area contributed by atoms with E-state index < -0.39 is 17.2 Å². The fraction of sp³-hybridized carbons (Fsp3) is 0.500. The zero-order valence-corrected chi connectivity index (χ0v) is 14.0. The highest BCUT2D eigenvalue weighted by Crippen LogP contribution is 2.25. The summed E-state index contributed by atoms with van der Waals surface area (Å²) in [5, 5.41) is 10.7. The number of piperidine rings is 1. The van der Waals surface area contributed by atoms with Crippen molar-refractivity contribution < 1.29 is 14.6 Å². The van der Waals surface area contributed by atoms with Crippen LogP contribution in [-0.2, 0) is 4.74 Å². The Morgan fingerprint density at radius 2 is 2.04 bits per heavy atom. The van der Waals surface area contributed by atoms with E-state index >= 15 is 0 Å². The fourth-order valence-electron chi connectivity index (χ4n) is 2.49. The van der Waals surface area contributed by atoms with E-state index in [9.17, 15) is 9.90 Å². The first-order valence-corrected chi connectivity index (χ1v) is 7.90. The summed E-state index contributed by atoms with van der Waals surface area (Å²) in [5.74, 6) is 0. The molecule has 1 saturated heterocycles. The molecule has 23 heavy (non-hydrogen) atoms. The van der Waals surface area contributed by atoms with E-state index in [-0.39, 0.29) is 12.6 Å². The zero-order valence-electron chi connectivity index (χ0n) is 14.0. The number of carbonyl (C=O) groups is 1. The molecule has 2 atom stereocenters. The van der Waals surface area contributed by atoms with Crippen molar-refractivity contribution in [2.75, 3.05) is 13.1 Å². The van der Waals surface area contributed by atoms with Crippen LogP contribution in [0.1, 0.15) is 32.8 Å². The van der Waals surface area contributed by atoms with Crippen LogP contribution in [-0.4, -0.2) is 46.4 Å². The quantitative estimate of drug-likeness (QED) is 0.878. The normalized spacial score (nSPS) is 25.6. The van der Waals surface area contributed by atoms with Gasteiger partial charge < -0.3 is 20.5 Å². The van der Waals surface area contributed by atoms with Crippen LogP contribution in [0.15, 0.2) is 36.4 Å². The fourth-order valence-corrected chi connectivity index (χ4v) is 2.49. The van der Waals surface area contributed by atoms with Gasteiger partial charge in [0.05, 0.1) is 6.04 Å². The summed E-state index contributed by atoms with van der Waals surface area (Å²) >= 11 is 0. The highest BCUT2D eigenvalue weighted by atomic mass is 16.6. The number of hydrogen-bond donors (Lipinski definition) is 2. The predicted molar refractivity (Wildman–Crippen MR) is 90.8 cm³/mol. The molecule has 0 bridgehead atoms. The number of carbonyl (C=O) groups excluding carboxylic acids is 1. The lowest BCUT2D eigenvalue weighted by Crippen LogP contribution is -2.60. The van der Waals surface area contributed by atoms with Gasteiger partial charge in [-0.05, 0) is 32.8 Å². The Bertz CT molecular complexity index is 565. The Kier molecular flexibility index (Phi) is 5.12. The van der Waals surface area contributed by atoms with Gasteiger partial charge >= 0.3 is 6.09 Å². The van der Waals surface area contributed by atoms with Gasteiger partial charge in [-0.2, -0.15) is 0 Å². The molecule has 3 N–H and O–H groups in total. The third-order valence-corrected chi connectivity index (χ3v) is 3.86. The second-order valence-corrected chi connectivity index (χ2v) is 7.02. The lowest BCUT2D eigenvalue weighted by molar-refractivity contribution is -0.0189. The molecule has 0 unspecified atom stereocenters. The first-order valence-electron chi connectivity index (χ1n) is 7.90. The summed E-state index contributed by atoms with van der Waals surface area (Å²) in [6, 6.07) is 9.19. The molecule has 126 valence electrons. The van der Waals surface area contributed by atoms with Gasteiger partial charge in [0.15, 0.2) is 0 Å². The Morgan fingerprint density at radius 3 is 2.61 bits per heavy atom. The molecule has 0 aliphatic carbocycles. The van der Waals surface area contributed by atoms with Gasteiger partial charge in [0.1, 0.15) is 11.2 Å². The van der Waals surface area contributed by atoms with Crippen molar-refractivity contribution in [3.8, 4) is 0 Å². The molecule has 1 fully saturated rings. The lowest BCUT2D eigenvalue weighted by Gasteiger charge is -2.41. The lowest BCUT2D eigenvalue weighted by atomic mass is 9.86. The average Bonchev–Trinajstić information content (AvgIpc) is 2.47. The third-order valence-electron chi connectivity index (χ3n) is 3.86. The number of benzene rings is 1. The molecule has 2 rings (SSSR count). The molecule has 1 aromatic carbocycles. The SMILES string of the molecule is CC(C)(C)OC(=O)N1CC[C@](O)(/C=C/c2ccccc2)[C@H](N)C1. The summed E-state index contributed by atoms with van der Waals surface area (Å²) < 4.78 is 5.35. The molecule has 1 aliphatic rings. The van der Waals surface area contributed by atoms with Gasteiger partial charge in [-0.3, -0.25) is 0 Å². The average molecular weight is 318 g/mol. The first-order chi connectivity index (χ1) is 10.7. The minimum atomic E-state index is -1.12. The molecule has 1 heterocycles. The molecular formula is C18H26N2O3. The molecule has 0 spiro atoms. The maximum absolute atomic E-state index is 12.1. The van der Waals surface area contributed by atoms with Gasteiger partial charge in [-0.1, -0.05) is 42.5 Å². The summed E-state index contributed by atoms with van der Waals surface area (Å²) in [5.41, 5.74) is 5.46. The van der Waals surface area contributed by atoms with Crippen molar-refractivity contribution in [3.63, 3.8) is 0 Å². The monoisotopic (exact) mass is 318 g/mol. The highest BCUT2D eigenvalue weighted by molar-refractivity contribution is 5.68. The van der Waals surface area contributed by atoms with Crippen LogP contribution in [0.3, 0.4) is 0 Å². The van der Waals surface area contributed by atoms with Crippen LogP contribution in [0.25, 0.3) is 6.08 Å². The molecule has 1 aliphatic heterocycles. The van der Waals surface area contributed by atoms with Crippen LogP contribution in [0.2, 0.25) is 0 Å². The third kappa shape index (κ3) is 4.81. The second kappa shape index (κ2) is 6.72. The number of aliphatic hydroxyl groups is 1. The Morgan fingerprint density at radius 1 is 1.39 bits per heavy atom. The van der Waals surface area contributed by atoms with E-state index in [2.05, 4.69) is 0 Å². The van der Waals surface area contributed by atoms with E-state index in [1.54, 1.807) is 11.0 Å². The van der Waals surface area contributed by atoms with Crippen LogP contribution >= 0.6 is 0 Å². The number of rotatable bonds is 2. The van der Waals surface area contributed by atoms with Gasteiger partial charge in [0.25, 0.3) is 0 Å². The molecule has 1 aromatic rings. The smallest absolute Gasteiger partial charge is 0.410 e. The second-order valence-electron chi connectivity index (χ2n) is 7.02. The standard InChI is InChI=1S/C18H26N2O3/c1-17(2,3)23-16(21)20-12-11-18(22,15(19)13-20)10-9-14-7-5-4-6-8-14/h4-10,15,22H,11-13,19H2,1-3H3/b10-9+/t15-,18-/m1/s1. The summed E-state index contributed by atoms with van der Waals surface area (Å²) in [6.07, 6.45) is 3.60. The molecular weight excluding hydrogens is 292 g/mol. The van der Waals surface area contributed by atoms with Gasteiger partial charge in [-0.15, -0.1) is 0 Å². The van der Waals surface area contributed by atoms with Gasteiger partial charge in [-0.25, -0.2) is 4.79 Å². The molecule has 0 aromatic heterocycles. The van der Waals surface area contributed by atoms with Crippen LogP contribution in [0, 0.1) is 0 Å². The topological polar surface area (TPSA) is 75.8 Å². The number of amides is 1. The maximum Gasteiger partial charge on any atom is 0.410 e. The van der Waals surface area contributed by atoms with Crippen molar-refractivity contribution in [3.05, 3.63) is 42.0 Å². The van der Waals surface area contributed by atoms with Crippen LogP contribution < -0.4 is 5.73 Å². The van der Waals surface area contributed by atoms with Crippen molar-refractivity contribution in [1.29, 1.82) is 0 Å². The molecule has 5 heteroatoms. The zero-order chi connectivity index (χ0) is 17.1. The van der Waals surface area contributed by atoms with Crippen molar-refractivity contribution in [2.24, 2.45) is 5.73 Å². The Labute approximate surface area is 137 Å². The Balaban J connectivity index is 2.00. The van der Waals surface area contributed by atoms with E-state index in [4.69, 9.17) is 10.5 Å². The van der Waals surface area contributed by atoms with Gasteiger partial charge in [0, 0.05) is 13.1 Å². The molecule has 1 amide bonds. The minimum absolute atomic E-state index is 0.268. The van der Waals surface area contributed by atoms with Crippen molar-refractivity contribution >= 4 is 12.2 Å². The number of nitrogens with zero attached hydrogens (tertiary/aromatic N) is 1. The largest absolute Gasteiger partial charge is 0.444 e. The number of likely N-dealkylation sites (tertiary alicyclic amines) is 1. The molecule has 5 nitrogen and oxygen atoms in total. The van der Waals surface area contributed by atoms with E-state index in [0.29, 0.717) is 13.0 Å². The van der Waals surface area contributed by atoms with Crippen molar-refractivity contribution in [2.45, 2.75) is 44.4 Å². The molecule has 0 saturated carbocycles. The van der Waals surface area contributed by atoms with Gasteiger partial charge in [0.2, 0.25) is 0 Å². The maximum atomic E-state index is 12.1. The number of nitrogens with two attached hydrogens (primary N) is 1. The minimum Gasteiger partial charge on any atom is -0.444 e. The predicted octanol–water partition coefficient (Wildman–Crippen LogP) is 2.40. The van der Waals surface area contributed by atoms with E-state index in [1.165, 1.54) is 0 Å².